The predicted octanol–water partition coefficient (Wildman–Crippen LogP) is 3.65. The van der Waals surface area contributed by atoms with E-state index in [1.165, 1.54) is 0 Å². The second-order valence-corrected chi connectivity index (χ2v) is 4.87. The van der Waals surface area contributed by atoms with Crippen molar-refractivity contribution < 1.29 is 13.9 Å². The van der Waals surface area contributed by atoms with E-state index in [0.717, 1.165) is 21.8 Å². The van der Waals surface area contributed by atoms with Crippen LogP contribution in [0.5, 0.6) is 0 Å². The molecule has 0 fully saturated rings. The van der Waals surface area contributed by atoms with Crippen LogP contribution in [0.3, 0.4) is 0 Å². The highest BCUT2D eigenvalue weighted by Gasteiger charge is 2.15. The maximum atomic E-state index is 13.5. The summed E-state index contributed by atoms with van der Waals surface area (Å²) in [5.41, 5.74) is 0.487. The SMILES string of the molecule is OC(c1ccc(I)cc1)c1cc(F)ccc1F. The van der Waals surface area contributed by atoms with Gasteiger partial charge in [-0.25, -0.2) is 8.78 Å². The van der Waals surface area contributed by atoms with Crippen molar-refractivity contribution >= 4 is 22.6 Å². The van der Waals surface area contributed by atoms with Gasteiger partial charge in [0.2, 0.25) is 0 Å². The Hall–Kier alpha value is -1.01. The molecule has 1 unspecified atom stereocenters. The molecule has 0 aliphatic carbocycles. The molecule has 1 nitrogen and oxygen atoms in total. The quantitative estimate of drug-likeness (QED) is 0.823. The molecular formula is C13H9F2IO. The van der Waals surface area contributed by atoms with E-state index < -0.39 is 17.7 Å². The number of benzene rings is 2. The highest BCUT2D eigenvalue weighted by atomic mass is 127. The molecule has 2 aromatic carbocycles. The molecule has 0 spiro atoms. The molecule has 0 heterocycles. The summed E-state index contributed by atoms with van der Waals surface area (Å²) >= 11 is 2.13. The third kappa shape index (κ3) is 2.81. The van der Waals surface area contributed by atoms with Crippen molar-refractivity contribution in [3.63, 3.8) is 0 Å². The summed E-state index contributed by atoms with van der Waals surface area (Å²) < 4.78 is 27.5. The molecule has 2 aromatic rings. The zero-order valence-corrected chi connectivity index (χ0v) is 10.9. The van der Waals surface area contributed by atoms with Crippen LogP contribution in [0.1, 0.15) is 17.2 Å². The van der Waals surface area contributed by atoms with Crippen LogP contribution in [0.4, 0.5) is 8.78 Å². The molecule has 0 bridgehead atoms. The second kappa shape index (κ2) is 5.10. The van der Waals surface area contributed by atoms with E-state index in [2.05, 4.69) is 22.6 Å². The van der Waals surface area contributed by atoms with Gasteiger partial charge in [-0.1, -0.05) is 12.1 Å². The highest BCUT2D eigenvalue weighted by Crippen LogP contribution is 2.25. The first-order chi connectivity index (χ1) is 8.08. The molecule has 17 heavy (non-hydrogen) atoms. The average molecular weight is 346 g/mol. The topological polar surface area (TPSA) is 20.2 Å². The molecular weight excluding hydrogens is 337 g/mol. The zero-order valence-electron chi connectivity index (χ0n) is 8.70. The molecule has 0 saturated heterocycles. The minimum absolute atomic E-state index is 0.0498. The minimum atomic E-state index is -1.15. The van der Waals surface area contributed by atoms with Gasteiger partial charge in [-0.15, -0.1) is 0 Å². The van der Waals surface area contributed by atoms with Gasteiger partial charge in [-0.3, -0.25) is 0 Å². The van der Waals surface area contributed by atoms with Crippen molar-refractivity contribution in [3.05, 3.63) is 68.8 Å². The van der Waals surface area contributed by atoms with Crippen LogP contribution in [-0.2, 0) is 0 Å². The van der Waals surface area contributed by atoms with E-state index in [1.54, 1.807) is 24.3 Å². The maximum absolute atomic E-state index is 13.5. The van der Waals surface area contributed by atoms with Crippen LogP contribution in [0.2, 0.25) is 0 Å². The molecule has 1 atom stereocenters. The van der Waals surface area contributed by atoms with Gasteiger partial charge in [-0.2, -0.15) is 0 Å². The van der Waals surface area contributed by atoms with Crippen LogP contribution in [-0.4, -0.2) is 5.11 Å². The Labute approximate surface area is 111 Å². The molecule has 2 rings (SSSR count). The van der Waals surface area contributed by atoms with Gasteiger partial charge in [0.05, 0.1) is 0 Å². The van der Waals surface area contributed by atoms with Crippen molar-refractivity contribution in [1.82, 2.24) is 0 Å². The van der Waals surface area contributed by atoms with Crippen molar-refractivity contribution in [1.29, 1.82) is 0 Å². The van der Waals surface area contributed by atoms with Crippen molar-refractivity contribution in [2.45, 2.75) is 6.10 Å². The van der Waals surface area contributed by atoms with Gasteiger partial charge in [0.1, 0.15) is 17.7 Å². The van der Waals surface area contributed by atoms with E-state index in [9.17, 15) is 13.9 Å². The van der Waals surface area contributed by atoms with Gasteiger partial charge in [0, 0.05) is 9.13 Å². The van der Waals surface area contributed by atoms with E-state index >= 15 is 0 Å². The lowest BCUT2D eigenvalue weighted by Gasteiger charge is -2.12. The average Bonchev–Trinajstić information content (AvgIpc) is 2.32. The lowest BCUT2D eigenvalue weighted by molar-refractivity contribution is 0.214. The number of rotatable bonds is 2. The summed E-state index contributed by atoms with van der Waals surface area (Å²) in [6.07, 6.45) is -1.15. The molecule has 88 valence electrons. The first-order valence-electron chi connectivity index (χ1n) is 4.96. The predicted molar refractivity (Wildman–Crippen MR) is 69.6 cm³/mol. The lowest BCUT2D eigenvalue weighted by Crippen LogP contribution is -2.03. The number of halogens is 3. The van der Waals surface area contributed by atoms with Crippen molar-refractivity contribution in [2.75, 3.05) is 0 Å². The highest BCUT2D eigenvalue weighted by molar-refractivity contribution is 14.1. The standard InChI is InChI=1S/C13H9F2IO/c14-9-3-6-12(15)11(7-9)13(17)8-1-4-10(16)5-2-8/h1-7,13,17H. The van der Waals surface area contributed by atoms with Crippen LogP contribution in [0, 0.1) is 15.2 Å². The van der Waals surface area contributed by atoms with Crippen molar-refractivity contribution in [2.24, 2.45) is 0 Å². The fourth-order valence-corrected chi connectivity index (χ4v) is 1.91. The van der Waals surface area contributed by atoms with E-state index in [4.69, 9.17) is 0 Å². The van der Waals surface area contributed by atoms with Crippen LogP contribution in [0.15, 0.2) is 42.5 Å². The fraction of sp³-hybridized carbons (Fsp3) is 0.0769. The number of aliphatic hydroxyl groups is 1. The molecule has 4 heteroatoms. The van der Waals surface area contributed by atoms with Crippen LogP contribution in [0.25, 0.3) is 0 Å². The summed E-state index contributed by atoms with van der Waals surface area (Å²) in [7, 11) is 0. The van der Waals surface area contributed by atoms with Gasteiger partial charge in [0.25, 0.3) is 0 Å². The molecule has 0 aliphatic rings. The Bertz CT molecular complexity index is 525. The summed E-state index contributed by atoms with van der Waals surface area (Å²) in [6, 6.07) is 10.0. The van der Waals surface area contributed by atoms with E-state index in [1.807, 2.05) is 0 Å². The minimum Gasteiger partial charge on any atom is -0.384 e. The molecule has 1 N–H and O–H groups in total. The molecule has 0 aromatic heterocycles. The maximum Gasteiger partial charge on any atom is 0.129 e. The Balaban J connectivity index is 2.39. The normalized spacial score (nSPS) is 12.5. The van der Waals surface area contributed by atoms with Crippen LogP contribution >= 0.6 is 22.6 Å². The Kier molecular flexibility index (Phi) is 3.73. The molecule has 0 radical (unpaired) electrons. The monoisotopic (exact) mass is 346 g/mol. The fourth-order valence-electron chi connectivity index (χ4n) is 1.55. The first kappa shape index (κ1) is 12.4. The van der Waals surface area contributed by atoms with Crippen LogP contribution < -0.4 is 0 Å². The van der Waals surface area contributed by atoms with Gasteiger partial charge >= 0.3 is 0 Å². The summed E-state index contributed by atoms with van der Waals surface area (Å²) in [5.74, 6) is -1.18. The third-order valence-electron chi connectivity index (χ3n) is 2.44. The van der Waals surface area contributed by atoms with Crippen molar-refractivity contribution in [3.8, 4) is 0 Å². The first-order valence-corrected chi connectivity index (χ1v) is 6.04. The summed E-state index contributed by atoms with van der Waals surface area (Å²) in [5, 5.41) is 9.98. The summed E-state index contributed by atoms with van der Waals surface area (Å²) in [4.78, 5) is 0. The number of hydrogen-bond acceptors (Lipinski definition) is 1. The Morgan fingerprint density at radius 3 is 2.29 bits per heavy atom. The van der Waals surface area contributed by atoms with Gasteiger partial charge < -0.3 is 5.11 Å². The van der Waals surface area contributed by atoms with E-state index in [-0.39, 0.29) is 5.56 Å². The largest absolute Gasteiger partial charge is 0.384 e. The van der Waals surface area contributed by atoms with Gasteiger partial charge in [0.15, 0.2) is 0 Å². The van der Waals surface area contributed by atoms with Gasteiger partial charge in [-0.05, 0) is 58.5 Å². The number of hydrogen-bond donors (Lipinski definition) is 1. The number of aliphatic hydroxyl groups excluding tert-OH is 1. The zero-order chi connectivity index (χ0) is 12.4. The van der Waals surface area contributed by atoms with E-state index in [0.29, 0.717) is 5.56 Å². The molecule has 0 aliphatic heterocycles. The molecule has 0 amide bonds. The Morgan fingerprint density at radius 2 is 1.65 bits per heavy atom. The lowest BCUT2D eigenvalue weighted by atomic mass is 10.0. The summed E-state index contributed by atoms with van der Waals surface area (Å²) in [6.45, 7) is 0. The molecule has 0 saturated carbocycles. The third-order valence-corrected chi connectivity index (χ3v) is 3.16. The Morgan fingerprint density at radius 1 is 1.00 bits per heavy atom. The smallest absolute Gasteiger partial charge is 0.129 e. The second-order valence-electron chi connectivity index (χ2n) is 3.62.